The van der Waals surface area contributed by atoms with E-state index in [1.165, 1.54) is 12.3 Å². The van der Waals surface area contributed by atoms with Crippen LogP contribution in [0.5, 0.6) is 0 Å². The summed E-state index contributed by atoms with van der Waals surface area (Å²) in [6.45, 7) is 6.86. The molecule has 0 spiro atoms. The van der Waals surface area contributed by atoms with Gasteiger partial charge in [-0.2, -0.15) is 18.2 Å². The molecule has 2 aromatic carbocycles. The molecular weight excluding hydrogens is 549 g/mol. The average Bonchev–Trinajstić information content (AvgIpc) is 2.92. The molecule has 0 aliphatic rings. The lowest BCUT2D eigenvalue weighted by Crippen LogP contribution is -2.36. The van der Waals surface area contributed by atoms with Crippen LogP contribution in [0.15, 0.2) is 54.7 Å². The molecule has 0 saturated carbocycles. The maximum absolute atomic E-state index is 13.2. The molecule has 0 radical (unpaired) electrons. The Kier molecular flexibility index (Phi) is 10.3. The van der Waals surface area contributed by atoms with E-state index in [0.29, 0.717) is 17.8 Å². The Morgan fingerprint density at radius 3 is 2.30 bits per heavy atom. The maximum Gasteiger partial charge on any atom is 0.416 e. The van der Waals surface area contributed by atoms with Gasteiger partial charge in [-0.3, -0.25) is 9.69 Å². The number of likely N-dealkylation sites (N-methyl/N-ethyl adjacent to an activating group) is 2. The van der Waals surface area contributed by atoms with Crippen LogP contribution in [0.4, 0.5) is 35.4 Å². The highest BCUT2D eigenvalue weighted by atomic mass is 35.5. The first-order valence-corrected chi connectivity index (χ1v) is 12.8. The lowest BCUT2D eigenvalue weighted by Gasteiger charge is -2.23. The number of nitrogens with zero attached hydrogens (tertiary/aromatic N) is 5. The van der Waals surface area contributed by atoms with E-state index in [0.717, 1.165) is 42.7 Å². The molecule has 1 heterocycles. The van der Waals surface area contributed by atoms with Crippen molar-refractivity contribution >= 4 is 41.1 Å². The van der Waals surface area contributed by atoms with E-state index in [9.17, 15) is 27.9 Å². The zero-order chi connectivity index (χ0) is 29.4. The van der Waals surface area contributed by atoms with Crippen molar-refractivity contribution in [3.05, 3.63) is 76.4 Å². The molecule has 0 aliphatic carbocycles. The molecule has 214 valence electrons. The standard InChI is InChI=1S/C27H30ClF3N6O3/c1-4-36(5-2)15-14-35(3)24(38)18-6-9-21(10-7-18)33-25-32-13-12-23(34-25)37(26(39)40)17-19-16-20(27(29,30)31)8-11-22(19)28/h6-13,16H,4-5,14-15,17H2,1-3H3,(H,39,40)(H,32,33,34). The zero-order valence-electron chi connectivity index (χ0n) is 22.2. The van der Waals surface area contributed by atoms with E-state index in [2.05, 4.69) is 34.0 Å². The summed E-state index contributed by atoms with van der Waals surface area (Å²) >= 11 is 6.06. The highest BCUT2D eigenvalue weighted by molar-refractivity contribution is 6.31. The fourth-order valence-corrected chi connectivity index (χ4v) is 4.00. The fourth-order valence-electron chi connectivity index (χ4n) is 3.83. The van der Waals surface area contributed by atoms with Crippen molar-refractivity contribution in [1.29, 1.82) is 0 Å². The average molecular weight is 579 g/mol. The van der Waals surface area contributed by atoms with E-state index >= 15 is 0 Å². The number of aromatic nitrogens is 2. The summed E-state index contributed by atoms with van der Waals surface area (Å²) in [7, 11) is 1.75. The maximum atomic E-state index is 13.2. The van der Waals surface area contributed by atoms with Crippen LogP contribution in [-0.2, 0) is 12.7 Å². The van der Waals surface area contributed by atoms with Gasteiger partial charge in [0.1, 0.15) is 5.82 Å². The summed E-state index contributed by atoms with van der Waals surface area (Å²) in [5.74, 6) is -0.142. The first-order valence-electron chi connectivity index (χ1n) is 12.5. The van der Waals surface area contributed by atoms with Gasteiger partial charge in [0.15, 0.2) is 0 Å². The number of rotatable bonds is 11. The number of nitrogens with one attached hydrogen (secondary N) is 1. The summed E-state index contributed by atoms with van der Waals surface area (Å²) in [6.07, 6.45) is -4.73. The number of halogens is 4. The van der Waals surface area contributed by atoms with Crippen LogP contribution in [-0.4, -0.2) is 70.1 Å². The van der Waals surface area contributed by atoms with Gasteiger partial charge < -0.3 is 20.2 Å². The molecule has 3 rings (SSSR count). The molecule has 3 aromatic rings. The van der Waals surface area contributed by atoms with E-state index < -0.39 is 24.4 Å². The van der Waals surface area contributed by atoms with Crippen molar-refractivity contribution in [3.63, 3.8) is 0 Å². The third-order valence-electron chi connectivity index (χ3n) is 6.23. The third-order valence-corrected chi connectivity index (χ3v) is 6.60. The highest BCUT2D eigenvalue weighted by Gasteiger charge is 2.31. The van der Waals surface area contributed by atoms with Crippen molar-refractivity contribution in [2.24, 2.45) is 0 Å². The van der Waals surface area contributed by atoms with Gasteiger partial charge in [0.2, 0.25) is 5.95 Å². The van der Waals surface area contributed by atoms with E-state index in [-0.39, 0.29) is 28.3 Å². The Morgan fingerprint density at radius 2 is 1.70 bits per heavy atom. The van der Waals surface area contributed by atoms with Gasteiger partial charge in [-0.15, -0.1) is 0 Å². The molecule has 13 heteroatoms. The van der Waals surface area contributed by atoms with Crippen LogP contribution in [0.1, 0.15) is 35.3 Å². The molecule has 9 nitrogen and oxygen atoms in total. The van der Waals surface area contributed by atoms with Crippen molar-refractivity contribution in [1.82, 2.24) is 19.8 Å². The van der Waals surface area contributed by atoms with Crippen molar-refractivity contribution in [2.45, 2.75) is 26.6 Å². The molecule has 0 fully saturated rings. The minimum absolute atomic E-state index is 0.0139. The van der Waals surface area contributed by atoms with Crippen LogP contribution < -0.4 is 10.2 Å². The molecular formula is C27H30ClF3N6O3. The smallest absolute Gasteiger partial charge is 0.416 e. The molecule has 1 aromatic heterocycles. The molecule has 2 amide bonds. The van der Waals surface area contributed by atoms with Gasteiger partial charge in [-0.1, -0.05) is 25.4 Å². The Hall–Kier alpha value is -3.90. The number of amides is 2. The molecule has 0 atom stereocenters. The number of carbonyl (C=O) groups excluding carboxylic acids is 1. The minimum Gasteiger partial charge on any atom is -0.465 e. The van der Waals surface area contributed by atoms with E-state index in [1.54, 1.807) is 36.2 Å². The number of carboxylic acid groups (broad SMARTS) is 1. The number of benzene rings is 2. The topological polar surface area (TPSA) is 102 Å². The molecule has 0 bridgehead atoms. The molecule has 40 heavy (non-hydrogen) atoms. The van der Waals surface area contributed by atoms with Gasteiger partial charge in [0, 0.05) is 42.6 Å². The fraction of sp³-hybridized carbons (Fsp3) is 0.333. The van der Waals surface area contributed by atoms with Crippen LogP contribution in [0.2, 0.25) is 5.02 Å². The first-order chi connectivity index (χ1) is 18.9. The summed E-state index contributed by atoms with van der Waals surface area (Å²) < 4.78 is 39.5. The summed E-state index contributed by atoms with van der Waals surface area (Å²) in [5, 5.41) is 12.7. The second-order valence-corrected chi connectivity index (χ2v) is 9.27. The number of hydrogen-bond donors (Lipinski definition) is 2. The van der Waals surface area contributed by atoms with Crippen LogP contribution in [0.3, 0.4) is 0 Å². The van der Waals surface area contributed by atoms with Crippen molar-refractivity contribution < 1.29 is 27.9 Å². The normalized spacial score (nSPS) is 11.4. The van der Waals surface area contributed by atoms with E-state index in [4.69, 9.17) is 11.6 Å². The summed E-state index contributed by atoms with van der Waals surface area (Å²) in [4.78, 5) is 37.7. The van der Waals surface area contributed by atoms with Gasteiger partial charge in [0.25, 0.3) is 5.91 Å². The minimum atomic E-state index is -4.61. The van der Waals surface area contributed by atoms with Crippen LogP contribution in [0, 0.1) is 0 Å². The third kappa shape index (κ3) is 8.06. The van der Waals surface area contributed by atoms with Crippen LogP contribution >= 0.6 is 11.6 Å². The van der Waals surface area contributed by atoms with Gasteiger partial charge >= 0.3 is 12.3 Å². The SMILES string of the molecule is CCN(CC)CCN(C)C(=O)c1ccc(Nc2nccc(N(Cc3cc(C(F)(F)F)ccc3Cl)C(=O)O)n2)cc1. The Morgan fingerprint density at radius 1 is 1.02 bits per heavy atom. The summed E-state index contributed by atoms with van der Waals surface area (Å²) in [6, 6.07) is 10.7. The predicted molar refractivity (Wildman–Crippen MR) is 147 cm³/mol. The lowest BCUT2D eigenvalue weighted by molar-refractivity contribution is -0.137. The Balaban J connectivity index is 1.73. The predicted octanol–water partition coefficient (Wildman–Crippen LogP) is 5.99. The second-order valence-electron chi connectivity index (χ2n) is 8.87. The number of carbonyl (C=O) groups is 2. The number of anilines is 3. The highest BCUT2D eigenvalue weighted by Crippen LogP contribution is 2.32. The number of hydrogen-bond acceptors (Lipinski definition) is 6. The van der Waals surface area contributed by atoms with Gasteiger partial charge in [0.05, 0.1) is 12.1 Å². The van der Waals surface area contributed by atoms with E-state index in [1.807, 2.05) is 0 Å². The largest absolute Gasteiger partial charge is 0.465 e. The van der Waals surface area contributed by atoms with Crippen molar-refractivity contribution in [2.75, 3.05) is 43.4 Å². The zero-order valence-corrected chi connectivity index (χ0v) is 23.0. The van der Waals surface area contributed by atoms with Gasteiger partial charge in [-0.05, 0) is 67.2 Å². The van der Waals surface area contributed by atoms with Gasteiger partial charge in [-0.25, -0.2) is 9.78 Å². The number of alkyl halides is 3. The van der Waals surface area contributed by atoms with Crippen molar-refractivity contribution in [3.8, 4) is 0 Å². The molecule has 0 aliphatic heterocycles. The molecule has 0 unspecified atom stereocenters. The quantitative estimate of drug-likeness (QED) is 0.288. The summed E-state index contributed by atoms with van der Waals surface area (Å²) in [5.41, 5.74) is 0.0632. The molecule has 0 saturated heterocycles. The Labute approximate surface area is 235 Å². The van der Waals surface area contributed by atoms with Crippen LogP contribution in [0.25, 0.3) is 0 Å². The Bertz CT molecular complexity index is 1320. The lowest BCUT2D eigenvalue weighted by atomic mass is 10.1. The molecule has 2 N–H and O–H groups in total. The monoisotopic (exact) mass is 578 g/mol. The second kappa shape index (κ2) is 13.4. The first kappa shape index (κ1) is 30.6.